The van der Waals surface area contributed by atoms with E-state index in [1.807, 2.05) is 24.8 Å². The number of carbonyl (C=O) groups excluding carboxylic acids is 1. The van der Waals surface area contributed by atoms with Gasteiger partial charge in [-0.1, -0.05) is 6.92 Å². The normalized spacial score (nSPS) is 20.7. The molecule has 1 aromatic rings. The summed E-state index contributed by atoms with van der Waals surface area (Å²) in [4.78, 5) is 14.2. The largest absolute Gasteiger partial charge is 0.494 e. The highest BCUT2D eigenvalue weighted by atomic mass is 19.1. The molecule has 1 aliphatic heterocycles. The molecule has 0 aromatic heterocycles. The number of ether oxygens (including phenoxy) is 1. The maximum atomic E-state index is 13.9. The molecule has 5 heteroatoms. The van der Waals surface area contributed by atoms with Crippen molar-refractivity contribution in [1.29, 1.82) is 0 Å². The third-order valence-corrected chi connectivity index (χ3v) is 6.15. The summed E-state index contributed by atoms with van der Waals surface area (Å²) in [6, 6.07) is 5.05. The summed E-state index contributed by atoms with van der Waals surface area (Å²) in [7, 11) is 0. The van der Waals surface area contributed by atoms with Gasteiger partial charge < -0.3 is 14.7 Å². The van der Waals surface area contributed by atoms with Crippen LogP contribution in [0.4, 0.5) is 4.39 Å². The number of aliphatic hydroxyl groups is 1. The Morgan fingerprint density at radius 2 is 2.00 bits per heavy atom. The molecule has 1 aromatic carbocycles. The minimum atomic E-state index is -0.257. The van der Waals surface area contributed by atoms with Crippen molar-refractivity contribution in [3.05, 3.63) is 29.6 Å². The molecule has 1 aliphatic carbocycles. The molecule has 1 N–H and O–H groups in total. The first-order valence-electron chi connectivity index (χ1n) is 9.83. The molecular formula is C21H30FNO3. The monoisotopic (exact) mass is 363 g/mol. The number of carbonyl (C=O) groups is 1. The molecule has 1 amide bonds. The third kappa shape index (κ3) is 3.88. The second-order valence-corrected chi connectivity index (χ2v) is 7.91. The molecule has 1 heterocycles. The Morgan fingerprint density at radius 1 is 1.31 bits per heavy atom. The quantitative estimate of drug-likeness (QED) is 0.838. The number of rotatable bonds is 6. The predicted octanol–water partition coefficient (Wildman–Crippen LogP) is 3.73. The van der Waals surface area contributed by atoms with Gasteiger partial charge in [0.05, 0.1) is 19.1 Å². The highest BCUT2D eigenvalue weighted by molar-refractivity contribution is 5.80. The number of hydrogen-bond acceptors (Lipinski definition) is 3. The fraction of sp³-hybridized carbons (Fsp3) is 0.667. The zero-order valence-electron chi connectivity index (χ0n) is 15.8. The Kier molecular flexibility index (Phi) is 5.86. The van der Waals surface area contributed by atoms with Gasteiger partial charge in [0.2, 0.25) is 5.91 Å². The van der Waals surface area contributed by atoms with Crippen LogP contribution in [-0.2, 0) is 4.79 Å². The first kappa shape index (κ1) is 19.2. The minimum absolute atomic E-state index is 0.0668. The Bertz CT molecular complexity index is 628. The van der Waals surface area contributed by atoms with Crippen molar-refractivity contribution in [3.63, 3.8) is 0 Å². The lowest BCUT2D eigenvalue weighted by atomic mass is 9.64. The molecule has 2 fully saturated rings. The van der Waals surface area contributed by atoms with Crippen LogP contribution in [0, 0.1) is 17.2 Å². The number of halogens is 1. The molecule has 1 atom stereocenters. The van der Waals surface area contributed by atoms with Gasteiger partial charge in [-0.05, 0) is 62.6 Å². The number of hydrogen-bond donors (Lipinski definition) is 1. The molecule has 0 unspecified atom stereocenters. The summed E-state index contributed by atoms with van der Waals surface area (Å²) < 4.78 is 19.3. The number of amides is 1. The van der Waals surface area contributed by atoms with E-state index in [4.69, 9.17) is 4.74 Å². The lowest BCUT2D eigenvalue weighted by molar-refractivity contribution is -0.151. The lowest BCUT2D eigenvalue weighted by Crippen LogP contribution is -2.60. The second-order valence-electron chi connectivity index (χ2n) is 7.91. The molecule has 144 valence electrons. The van der Waals surface area contributed by atoms with Gasteiger partial charge in [0.1, 0.15) is 11.6 Å². The molecule has 1 saturated carbocycles. The summed E-state index contributed by atoms with van der Waals surface area (Å²) in [5, 5.41) is 9.32. The molecule has 0 radical (unpaired) electrons. The molecule has 0 bridgehead atoms. The number of nitrogens with zero attached hydrogens (tertiary/aromatic N) is 1. The first-order chi connectivity index (χ1) is 12.5. The number of benzene rings is 1. The molecule has 4 nitrogen and oxygen atoms in total. The van der Waals surface area contributed by atoms with Crippen LogP contribution in [-0.4, -0.2) is 42.2 Å². The van der Waals surface area contributed by atoms with Gasteiger partial charge in [-0.25, -0.2) is 4.39 Å². The zero-order chi connectivity index (χ0) is 18.7. The summed E-state index contributed by atoms with van der Waals surface area (Å²) in [5.74, 6) is 0.572. The average molecular weight is 363 g/mol. The van der Waals surface area contributed by atoms with E-state index >= 15 is 0 Å². The van der Waals surface area contributed by atoms with Crippen molar-refractivity contribution >= 4 is 5.91 Å². The van der Waals surface area contributed by atoms with E-state index in [1.54, 1.807) is 6.07 Å². The van der Waals surface area contributed by atoms with E-state index in [0.717, 1.165) is 44.3 Å². The Balaban J connectivity index is 1.57. The zero-order valence-corrected chi connectivity index (χ0v) is 15.8. The van der Waals surface area contributed by atoms with E-state index < -0.39 is 0 Å². The smallest absolute Gasteiger partial charge is 0.228 e. The molecule has 3 rings (SSSR count). The molecule has 2 aliphatic rings. The highest BCUT2D eigenvalue weighted by Crippen LogP contribution is 2.49. The van der Waals surface area contributed by atoms with E-state index in [-0.39, 0.29) is 29.7 Å². The van der Waals surface area contributed by atoms with Crippen LogP contribution in [0.25, 0.3) is 0 Å². The fourth-order valence-electron chi connectivity index (χ4n) is 4.51. The van der Waals surface area contributed by atoms with Gasteiger partial charge in [-0.2, -0.15) is 0 Å². The van der Waals surface area contributed by atoms with Gasteiger partial charge >= 0.3 is 0 Å². The number of aliphatic hydroxyl groups excluding tert-OH is 1. The molecule has 1 spiro atoms. The number of likely N-dealkylation sites (tertiary alicyclic amines) is 1. The van der Waals surface area contributed by atoms with Crippen LogP contribution < -0.4 is 4.74 Å². The minimum Gasteiger partial charge on any atom is -0.494 e. The first-order valence-corrected chi connectivity index (χ1v) is 9.83. The van der Waals surface area contributed by atoms with Crippen LogP contribution >= 0.6 is 0 Å². The van der Waals surface area contributed by atoms with Gasteiger partial charge in [0.25, 0.3) is 0 Å². The lowest BCUT2D eigenvalue weighted by Gasteiger charge is -2.54. The van der Waals surface area contributed by atoms with Crippen molar-refractivity contribution in [3.8, 4) is 5.75 Å². The van der Waals surface area contributed by atoms with Gasteiger partial charge in [0.15, 0.2) is 0 Å². The standard InChI is InChI=1S/C21H30FNO3/c1-3-15(12-24)20(25)23-13-21(14-23)7-5-16(6-8-21)17-9-18(22)11-19(10-17)26-4-2/h9-11,15-16,24H,3-8,12-14H2,1-2H3/t15-/m1/s1. The van der Waals surface area contributed by atoms with Crippen molar-refractivity contribution in [2.24, 2.45) is 11.3 Å². The third-order valence-electron chi connectivity index (χ3n) is 6.15. The van der Waals surface area contributed by atoms with Crippen LogP contribution in [0.2, 0.25) is 0 Å². The van der Waals surface area contributed by atoms with Crippen molar-refractivity contribution in [2.75, 3.05) is 26.3 Å². The summed E-state index contributed by atoms with van der Waals surface area (Å²) in [6.07, 6.45) is 4.86. The summed E-state index contributed by atoms with van der Waals surface area (Å²) in [5.41, 5.74) is 1.26. The van der Waals surface area contributed by atoms with Gasteiger partial charge in [0, 0.05) is 24.6 Å². The summed E-state index contributed by atoms with van der Waals surface area (Å²) >= 11 is 0. The maximum Gasteiger partial charge on any atom is 0.228 e. The Morgan fingerprint density at radius 3 is 2.58 bits per heavy atom. The van der Waals surface area contributed by atoms with E-state index in [9.17, 15) is 14.3 Å². The predicted molar refractivity (Wildman–Crippen MR) is 98.7 cm³/mol. The van der Waals surface area contributed by atoms with Gasteiger partial charge in [-0.3, -0.25) is 4.79 Å². The maximum absolute atomic E-state index is 13.9. The van der Waals surface area contributed by atoms with Crippen LogP contribution in [0.3, 0.4) is 0 Å². The van der Waals surface area contributed by atoms with Crippen molar-refractivity contribution < 1.29 is 19.0 Å². The summed E-state index contributed by atoms with van der Waals surface area (Å²) in [6.45, 7) is 5.92. The van der Waals surface area contributed by atoms with E-state index in [2.05, 4.69) is 0 Å². The second kappa shape index (κ2) is 7.95. The van der Waals surface area contributed by atoms with Crippen LogP contribution in [0.1, 0.15) is 57.4 Å². The van der Waals surface area contributed by atoms with Crippen LogP contribution in [0.15, 0.2) is 18.2 Å². The average Bonchev–Trinajstić information content (AvgIpc) is 2.60. The van der Waals surface area contributed by atoms with Crippen LogP contribution in [0.5, 0.6) is 5.75 Å². The van der Waals surface area contributed by atoms with Crippen molar-refractivity contribution in [1.82, 2.24) is 4.90 Å². The Hall–Kier alpha value is -1.62. The van der Waals surface area contributed by atoms with E-state index in [0.29, 0.717) is 24.7 Å². The van der Waals surface area contributed by atoms with Gasteiger partial charge in [-0.15, -0.1) is 0 Å². The molecule has 26 heavy (non-hydrogen) atoms. The fourth-order valence-corrected chi connectivity index (χ4v) is 4.51. The Labute approximate surface area is 155 Å². The molecule has 1 saturated heterocycles. The SMILES string of the molecule is CCOc1cc(F)cc(C2CCC3(CC2)CN(C(=O)[C@H](CC)CO)C3)c1. The van der Waals surface area contributed by atoms with E-state index in [1.165, 1.54) is 6.07 Å². The molecular weight excluding hydrogens is 333 g/mol. The topological polar surface area (TPSA) is 49.8 Å². The van der Waals surface area contributed by atoms with Crippen molar-refractivity contribution in [2.45, 2.75) is 51.9 Å². The highest BCUT2D eigenvalue weighted by Gasteiger charge is 2.47.